The number of amides is 3. The number of urea groups is 1. The Hall–Kier alpha value is -2.64. The van der Waals surface area contributed by atoms with E-state index in [-0.39, 0.29) is 39.6 Å². The summed E-state index contributed by atoms with van der Waals surface area (Å²) in [4.78, 5) is 36.6. The lowest BCUT2D eigenvalue weighted by molar-refractivity contribution is -0.142. The number of hydrogen-bond donors (Lipinski definition) is 4. The quantitative estimate of drug-likeness (QED) is 0.467. The topological polar surface area (TPSA) is 108 Å². The normalized spacial score (nSPS) is 37.5. The predicted molar refractivity (Wildman–Crippen MR) is 130 cm³/mol. The first-order valence-electron chi connectivity index (χ1n) is 12.9. The smallest absolute Gasteiger partial charge is 0.319 e. The summed E-state index contributed by atoms with van der Waals surface area (Å²) < 4.78 is 14.8. The van der Waals surface area contributed by atoms with Crippen molar-refractivity contribution in [1.29, 1.82) is 0 Å². The van der Waals surface area contributed by atoms with Gasteiger partial charge in [0.15, 0.2) is 0 Å². The van der Waals surface area contributed by atoms with Crippen molar-refractivity contribution in [2.24, 2.45) is 22.7 Å². The summed E-state index contributed by atoms with van der Waals surface area (Å²) >= 11 is 0. The van der Waals surface area contributed by atoms with Crippen molar-refractivity contribution < 1.29 is 23.9 Å². The molecule has 7 nitrogen and oxygen atoms in total. The molecule has 0 saturated heterocycles. The van der Waals surface area contributed by atoms with Crippen LogP contribution in [0.2, 0.25) is 0 Å². The number of halogens is 1. The Balaban J connectivity index is 1.18. The van der Waals surface area contributed by atoms with E-state index in [9.17, 15) is 18.8 Å². The van der Waals surface area contributed by atoms with Crippen molar-refractivity contribution in [3.05, 3.63) is 29.6 Å². The van der Waals surface area contributed by atoms with Crippen molar-refractivity contribution in [1.82, 2.24) is 10.6 Å². The number of carbonyl (C=O) groups is 3. The van der Waals surface area contributed by atoms with Crippen LogP contribution >= 0.6 is 0 Å². The van der Waals surface area contributed by atoms with Crippen LogP contribution in [0.5, 0.6) is 0 Å². The zero-order valence-electron chi connectivity index (χ0n) is 20.6. The lowest BCUT2D eigenvalue weighted by Gasteiger charge is -2.65. The van der Waals surface area contributed by atoms with Crippen LogP contribution in [0.4, 0.5) is 14.9 Å². The second kappa shape index (κ2) is 8.49. The fourth-order valence-electron chi connectivity index (χ4n) is 8.49. The van der Waals surface area contributed by atoms with E-state index in [2.05, 4.69) is 29.8 Å². The molecule has 3 amide bonds. The highest BCUT2D eigenvalue weighted by atomic mass is 19.1. The molecule has 35 heavy (non-hydrogen) atoms. The van der Waals surface area contributed by atoms with Crippen LogP contribution in [-0.2, 0) is 4.79 Å². The van der Waals surface area contributed by atoms with Crippen LogP contribution in [0.25, 0.3) is 0 Å². The SMILES string of the molecule is C[C@]12CC3CC(NC(=O)Nc4ccc(C(=O)NC5CCC(C(=O)O)CC5)cc4F)(C1)C[C@](C)(C3)C2. The van der Waals surface area contributed by atoms with E-state index in [1.807, 2.05) is 0 Å². The molecule has 1 aromatic rings. The summed E-state index contributed by atoms with van der Waals surface area (Å²) in [5.74, 6) is -1.58. The Morgan fingerprint density at radius 2 is 1.63 bits per heavy atom. The molecule has 5 aliphatic rings. The molecule has 190 valence electrons. The molecular formula is C27H36FN3O4. The van der Waals surface area contributed by atoms with Crippen LogP contribution in [0.3, 0.4) is 0 Å². The fourth-order valence-corrected chi connectivity index (χ4v) is 8.49. The number of carboxylic acids is 1. The van der Waals surface area contributed by atoms with Gasteiger partial charge in [-0.05, 0) is 99.2 Å². The molecule has 5 saturated carbocycles. The first-order valence-corrected chi connectivity index (χ1v) is 12.9. The maximum atomic E-state index is 14.8. The van der Waals surface area contributed by atoms with Crippen molar-refractivity contribution in [3.63, 3.8) is 0 Å². The Morgan fingerprint density at radius 3 is 2.20 bits per heavy atom. The van der Waals surface area contributed by atoms with Crippen molar-refractivity contribution in [2.45, 2.75) is 89.6 Å². The van der Waals surface area contributed by atoms with E-state index in [1.165, 1.54) is 31.4 Å². The van der Waals surface area contributed by atoms with Gasteiger partial charge in [-0.2, -0.15) is 0 Å². The first-order chi connectivity index (χ1) is 16.5. The third kappa shape index (κ3) is 4.89. The number of carboxylic acid groups (broad SMARTS) is 1. The summed E-state index contributed by atoms with van der Waals surface area (Å²) in [6.45, 7) is 4.68. The van der Waals surface area contributed by atoms with Gasteiger partial charge in [-0.3, -0.25) is 9.59 Å². The van der Waals surface area contributed by atoms with Gasteiger partial charge in [0.25, 0.3) is 5.91 Å². The van der Waals surface area contributed by atoms with Crippen molar-refractivity contribution in [2.75, 3.05) is 5.32 Å². The Morgan fingerprint density at radius 1 is 0.971 bits per heavy atom. The van der Waals surface area contributed by atoms with Crippen LogP contribution in [0.1, 0.15) is 88.4 Å². The molecule has 0 aromatic heterocycles. The lowest BCUT2D eigenvalue weighted by atomic mass is 9.43. The molecule has 0 unspecified atom stereocenters. The molecule has 2 atom stereocenters. The summed E-state index contributed by atoms with van der Waals surface area (Å²) in [6.07, 6.45) is 8.81. The van der Waals surface area contributed by atoms with E-state index >= 15 is 0 Å². The summed E-state index contributed by atoms with van der Waals surface area (Å²) in [7, 11) is 0. The molecule has 0 heterocycles. The van der Waals surface area contributed by atoms with Crippen LogP contribution < -0.4 is 16.0 Å². The minimum atomic E-state index is -0.796. The molecule has 0 aliphatic heterocycles. The average Bonchev–Trinajstić information content (AvgIpc) is 2.72. The standard InChI is InChI=1S/C27H36FN3O4/c1-25-10-16-11-26(2,13-25)15-27(12-16,14-25)31-24(35)30-21-8-5-18(9-20(21)28)22(32)29-19-6-3-17(4-7-19)23(33)34/h5,8-9,16-17,19H,3-4,6-7,10-15H2,1-2H3,(H,29,32)(H,33,34)(H2,30,31,35)/t16?,17?,19?,25-,26-,27?/m1/s1. The molecule has 8 heteroatoms. The Kier molecular flexibility index (Phi) is 5.84. The van der Waals surface area contributed by atoms with E-state index in [1.54, 1.807) is 0 Å². The second-order valence-corrected chi connectivity index (χ2v) is 12.5. The van der Waals surface area contributed by atoms with Crippen LogP contribution in [-0.4, -0.2) is 34.6 Å². The molecule has 6 rings (SSSR count). The fraction of sp³-hybridized carbons (Fsp3) is 0.667. The van der Waals surface area contributed by atoms with Gasteiger partial charge in [-0.15, -0.1) is 0 Å². The predicted octanol–water partition coefficient (Wildman–Crippen LogP) is 5.07. The largest absolute Gasteiger partial charge is 0.481 e. The third-order valence-corrected chi connectivity index (χ3v) is 8.90. The monoisotopic (exact) mass is 485 g/mol. The average molecular weight is 486 g/mol. The molecule has 4 bridgehead atoms. The van der Waals surface area contributed by atoms with Gasteiger partial charge >= 0.3 is 12.0 Å². The summed E-state index contributed by atoms with van der Waals surface area (Å²) in [5, 5.41) is 17.9. The second-order valence-electron chi connectivity index (χ2n) is 12.5. The molecule has 0 radical (unpaired) electrons. The van der Waals surface area contributed by atoms with E-state index in [0.717, 1.165) is 25.3 Å². The van der Waals surface area contributed by atoms with Crippen molar-refractivity contribution >= 4 is 23.6 Å². The number of hydrogen-bond acceptors (Lipinski definition) is 3. The lowest BCUT2D eigenvalue weighted by Crippen LogP contribution is -2.65. The minimum absolute atomic E-state index is 0.0446. The van der Waals surface area contributed by atoms with E-state index in [4.69, 9.17) is 5.11 Å². The first kappa shape index (κ1) is 24.1. The number of benzene rings is 1. The Bertz CT molecular complexity index is 1030. The van der Waals surface area contributed by atoms with Gasteiger partial charge in [-0.25, -0.2) is 9.18 Å². The summed E-state index contributed by atoms with van der Waals surface area (Å²) in [5.41, 5.74) is 0.505. The Labute approximate surface area is 205 Å². The molecular weight excluding hydrogens is 449 g/mol. The van der Waals surface area contributed by atoms with Gasteiger partial charge in [0.1, 0.15) is 5.82 Å². The van der Waals surface area contributed by atoms with Gasteiger partial charge < -0.3 is 21.1 Å². The molecule has 1 aromatic carbocycles. The van der Waals surface area contributed by atoms with E-state index in [0.29, 0.717) is 31.6 Å². The van der Waals surface area contributed by atoms with E-state index < -0.39 is 23.7 Å². The van der Waals surface area contributed by atoms with Crippen molar-refractivity contribution in [3.8, 4) is 0 Å². The highest BCUT2D eigenvalue weighted by molar-refractivity contribution is 5.96. The number of rotatable bonds is 5. The minimum Gasteiger partial charge on any atom is -0.481 e. The molecule has 5 aliphatic carbocycles. The molecule has 0 spiro atoms. The van der Waals surface area contributed by atoms with Gasteiger partial charge in [0.2, 0.25) is 0 Å². The third-order valence-electron chi connectivity index (χ3n) is 8.90. The van der Waals surface area contributed by atoms with Crippen LogP contribution in [0.15, 0.2) is 18.2 Å². The van der Waals surface area contributed by atoms with Gasteiger partial charge in [0, 0.05) is 17.1 Å². The zero-order chi connectivity index (χ0) is 25.0. The highest BCUT2D eigenvalue weighted by Gasteiger charge is 2.60. The van der Waals surface area contributed by atoms with Crippen LogP contribution in [0, 0.1) is 28.5 Å². The molecule has 5 fully saturated rings. The number of anilines is 1. The summed E-state index contributed by atoms with van der Waals surface area (Å²) in [6, 6.07) is 3.55. The maximum Gasteiger partial charge on any atom is 0.319 e. The maximum absolute atomic E-state index is 14.8. The van der Waals surface area contributed by atoms with Gasteiger partial charge in [-0.1, -0.05) is 13.8 Å². The number of nitrogens with one attached hydrogen (secondary N) is 3. The van der Waals surface area contributed by atoms with Gasteiger partial charge in [0.05, 0.1) is 11.6 Å². The number of carbonyl (C=O) groups excluding carboxylic acids is 2. The number of aliphatic carboxylic acids is 1. The highest BCUT2D eigenvalue weighted by Crippen LogP contribution is 2.66. The molecule has 4 N–H and O–H groups in total. The zero-order valence-corrected chi connectivity index (χ0v) is 20.6.